The monoisotopic (exact) mass is 192 g/mol. The first-order valence-corrected chi connectivity index (χ1v) is 4.64. The van der Waals surface area contributed by atoms with E-state index in [4.69, 9.17) is 9.84 Å². The van der Waals surface area contributed by atoms with Gasteiger partial charge in [-0.05, 0) is 17.5 Å². The number of carboxylic acids is 1. The third kappa shape index (κ3) is 1.77. The predicted octanol–water partition coefficient (Wildman–Crippen LogP) is 1.43. The Hall–Kier alpha value is -1.35. The van der Waals surface area contributed by atoms with Gasteiger partial charge in [-0.15, -0.1) is 0 Å². The summed E-state index contributed by atoms with van der Waals surface area (Å²) in [6.45, 7) is 0.321. The Bertz CT molecular complexity index is 346. The number of carboxylic acid groups (broad SMARTS) is 1. The molecule has 1 aromatic carbocycles. The largest absolute Gasteiger partial charge is 0.480 e. The van der Waals surface area contributed by atoms with Crippen LogP contribution < -0.4 is 0 Å². The van der Waals surface area contributed by atoms with Crippen LogP contribution in [0.5, 0.6) is 0 Å². The summed E-state index contributed by atoms with van der Waals surface area (Å²) in [5, 5.41) is 8.39. The average Bonchev–Trinajstić information content (AvgIpc) is 2.12. The van der Waals surface area contributed by atoms with Crippen LogP contribution in [0.1, 0.15) is 17.0 Å². The maximum atomic E-state index is 10.2. The van der Waals surface area contributed by atoms with Crippen LogP contribution in [0.2, 0.25) is 0 Å². The number of hydrogen-bond donors (Lipinski definition) is 1. The van der Waals surface area contributed by atoms with Gasteiger partial charge in [-0.2, -0.15) is 0 Å². The first-order valence-electron chi connectivity index (χ1n) is 4.64. The minimum atomic E-state index is -0.905. The number of fused-ring (bicyclic) bond motifs is 1. The third-order valence-corrected chi connectivity index (χ3v) is 2.51. The Balaban J connectivity index is 1.84. The number of carbonyl (C=O) groups is 1. The van der Waals surface area contributed by atoms with Crippen molar-refractivity contribution < 1.29 is 14.6 Å². The molecule has 74 valence electrons. The molecule has 1 aromatic rings. The Morgan fingerprint density at radius 2 is 2.29 bits per heavy atom. The first kappa shape index (κ1) is 9.21. The van der Waals surface area contributed by atoms with E-state index in [1.54, 1.807) is 0 Å². The smallest absolute Gasteiger partial charge is 0.329 e. The number of rotatable bonds is 4. The zero-order chi connectivity index (χ0) is 9.97. The number of aliphatic carboxylic acids is 1. The van der Waals surface area contributed by atoms with Gasteiger partial charge in [0.05, 0.1) is 6.61 Å². The highest BCUT2D eigenvalue weighted by atomic mass is 16.5. The van der Waals surface area contributed by atoms with Crippen molar-refractivity contribution in [1.29, 1.82) is 0 Å². The highest BCUT2D eigenvalue weighted by molar-refractivity contribution is 5.68. The third-order valence-electron chi connectivity index (χ3n) is 2.51. The number of ether oxygens (including phenoxy) is 1. The summed E-state index contributed by atoms with van der Waals surface area (Å²) >= 11 is 0. The van der Waals surface area contributed by atoms with E-state index >= 15 is 0 Å². The fourth-order valence-corrected chi connectivity index (χ4v) is 1.80. The Morgan fingerprint density at radius 3 is 3.00 bits per heavy atom. The van der Waals surface area contributed by atoms with Crippen LogP contribution in [0.25, 0.3) is 0 Å². The van der Waals surface area contributed by atoms with Gasteiger partial charge in [-0.1, -0.05) is 24.3 Å². The highest BCUT2D eigenvalue weighted by Crippen LogP contribution is 2.34. The van der Waals surface area contributed by atoms with E-state index in [1.165, 1.54) is 11.1 Å². The molecule has 0 aromatic heterocycles. The minimum Gasteiger partial charge on any atom is -0.480 e. The van der Waals surface area contributed by atoms with Gasteiger partial charge in [0.1, 0.15) is 6.61 Å². The van der Waals surface area contributed by atoms with Crippen LogP contribution in [0.4, 0.5) is 0 Å². The van der Waals surface area contributed by atoms with E-state index < -0.39 is 5.97 Å². The van der Waals surface area contributed by atoms with Crippen molar-refractivity contribution in [1.82, 2.24) is 0 Å². The van der Waals surface area contributed by atoms with Crippen molar-refractivity contribution in [2.24, 2.45) is 0 Å². The number of hydrogen-bond acceptors (Lipinski definition) is 2. The molecule has 1 atom stereocenters. The van der Waals surface area contributed by atoms with Crippen molar-refractivity contribution in [2.75, 3.05) is 13.2 Å². The van der Waals surface area contributed by atoms with E-state index in [9.17, 15) is 4.79 Å². The van der Waals surface area contributed by atoms with Crippen LogP contribution in [-0.4, -0.2) is 24.3 Å². The molecule has 0 heterocycles. The molecule has 0 saturated carbocycles. The van der Waals surface area contributed by atoms with Crippen LogP contribution in [0, 0.1) is 0 Å². The van der Waals surface area contributed by atoms with Gasteiger partial charge < -0.3 is 9.84 Å². The zero-order valence-corrected chi connectivity index (χ0v) is 7.77. The van der Waals surface area contributed by atoms with Gasteiger partial charge in [0.2, 0.25) is 0 Å². The maximum Gasteiger partial charge on any atom is 0.329 e. The quantitative estimate of drug-likeness (QED) is 0.784. The van der Waals surface area contributed by atoms with Gasteiger partial charge >= 0.3 is 5.97 Å². The standard InChI is InChI=1S/C11H12O3/c12-11(13)7-14-6-9-5-8-3-1-2-4-10(8)9/h1-4,9H,5-7H2,(H,12,13). The number of benzene rings is 1. The Kier molecular flexibility index (Phi) is 2.50. The first-order chi connectivity index (χ1) is 6.77. The molecular formula is C11H12O3. The molecular weight excluding hydrogens is 180 g/mol. The molecule has 3 heteroatoms. The predicted molar refractivity (Wildman–Crippen MR) is 51.3 cm³/mol. The summed E-state index contributed by atoms with van der Waals surface area (Å²) in [5.74, 6) is -0.511. The van der Waals surface area contributed by atoms with Crippen LogP contribution in [0.15, 0.2) is 24.3 Å². The van der Waals surface area contributed by atoms with E-state index in [1.807, 2.05) is 12.1 Å². The molecule has 3 nitrogen and oxygen atoms in total. The lowest BCUT2D eigenvalue weighted by atomic mass is 9.78. The molecule has 14 heavy (non-hydrogen) atoms. The Morgan fingerprint density at radius 1 is 1.50 bits per heavy atom. The lowest BCUT2D eigenvalue weighted by Gasteiger charge is -2.29. The summed E-state index contributed by atoms with van der Waals surface area (Å²) in [4.78, 5) is 10.2. The fraction of sp³-hybridized carbons (Fsp3) is 0.364. The normalized spacial score (nSPS) is 18.4. The lowest BCUT2D eigenvalue weighted by Crippen LogP contribution is -2.23. The van der Waals surface area contributed by atoms with Gasteiger partial charge in [0.25, 0.3) is 0 Å². The van der Waals surface area contributed by atoms with E-state index in [0.29, 0.717) is 12.5 Å². The lowest BCUT2D eigenvalue weighted by molar-refractivity contribution is -0.142. The molecule has 0 aliphatic heterocycles. The van der Waals surface area contributed by atoms with Gasteiger partial charge in [0.15, 0.2) is 0 Å². The topological polar surface area (TPSA) is 46.5 Å². The summed E-state index contributed by atoms with van der Waals surface area (Å²) in [5.41, 5.74) is 2.66. The van der Waals surface area contributed by atoms with E-state index in [0.717, 1.165) is 6.42 Å². The zero-order valence-electron chi connectivity index (χ0n) is 7.77. The molecule has 1 aliphatic rings. The van der Waals surface area contributed by atoms with Crippen molar-refractivity contribution in [3.63, 3.8) is 0 Å². The fourth-order valence-electron chi connectivity index (χ4n) is 1.80. The van der Waals surface area contributed by atoms with Crippen molar-refractivity contribution >= 4 is 5.97 Å². The molecule has 1 aliphatic carbocycles. The van der Waals surface area contributed by atoms with E-state index in [2.05, 4.69) is 12.1 Å². The molecule has 0 spiro atoms. The molecule has 0 saturated heterocycles. The van der Waals surface area contributed by atoms with Crippen molar-refractivity contribution in [3.8, 4) is 0 Å². The average molecular weight is 192 g/mol. The van der Waals surface area contributed by atoms with Crippen LogP contribution >= 0.6 is 0 Å². The summed E-state index contributed by atoms with van der Waals surface area (Å²) < 4.78 is 5.06. The van der Waals surface area contributed by atoms with Crippen LogP contribution in [-0.2, 0) is 16.0 Å². The van der Waals surface area contributed by atoms with Gasteiger partial charge in [0, 0.05) is 5.92 Å². The molecule has 1 N–H and O–H groups in total. The molecule has 0 bridgehead atoms. The summed E-state index contributed by atoms with van der Waals surface area (Å²) in [7, 11) is 0. The second-order valence-electron chi connectivity index (χ2n) is 3.51. The second kappa shape index (κ2) is 3.80. The molecule has 0 amide bonds. The van der Waals surface area contributed by atoms with Gasteiger partial charge in [-0.3, -0.25) is 0 Å². The summed E-state index contributed by atoms with van der Waals surface area (Å²) in [6.07, 6.45) is 1.01. The molecule has 0 fully saturated rings. The SMILES string of the molecule is O=C(O)COCC1Cc2ccccc21. The van der Waals surface area contributed by atoms with Crippen molar-refractivity contribution in [3.05, 3.63) is 35.4 Å². The van der Waals surface area contributed by atoms with Gasteiger partial charge in [-0.25, -0.2) is 4.79 Å². The Labute approximate surface area is 82.3 Å². The molecule has 0 radical (unpaired) electrons. The van der Waals surface area contributed by atoms with Crippen LogP contribution in [0.3, 0.4) is 0 Å². The van der Waals surface area contributed by atoms with E-state index in [-0.39, 0.29) is 6.61 Å². The molecule has 1 unspecified atom stereocenters. The second-order valence-corrected chi connectivity index (χ2v) is 3.51. The summed E-state index contributed by atoms with van der Waals surface area (Å²) in [6, 6.07) is 8.20. The minimum absolute atomic E-state index is 0.196. The molecule has 2 rings (SSSR count). The highest BCUT2D eigenvalue weighted by Gasteiger charge is 2.25. The van der Waals surface area contributed by atoms with Crippen molar-refractivity contribution in [2.45, 2.75) is 12.3 Å². The maximum absolute atomic E-state index is 10.2.